The van der Waals surface area contributed by atoms with Crippen molar-refractivity contribution in [1.82, 2.24) is 0 Å². The van der Waals surface area contributed by atoms with E-state index < -0.39 is 51.7 Å². The normalized spacial score (nSPS) is 11.3. The minimum Gasteiger partial charge on any atom is -0.396 e. The molecule has 26 heteroatoms. The first kappa shape index (κ1) is 79.8. The molecule has 0 spiro atoms. The van der Waals surface area contributed by atoms with Crippen molar-refractivity contribution in [2.75, 3.05) is 38.7 Å². The summed E-state index contributed by atoms with van der Waals surface area (Å²) in [6.45, 7) is -0.154. The van der Waals surface area contributed by atoms with Crippen molar-refractivity contribution < 1.29 is 62.9 Å². The molecule has 0 unspecified atom stereocenters. The molecule has 105 heavy (non-hydrogen) atoms. The van der Waals surface area contributed by atoms with Gasteiger partial charge in [-0.25, -0.2) is 42.5 Å². The van der Waals surface area contributed by atoms with E-state index in [1.54, 1.807) is 158 Å². The predicted octanol–water partition coefficient (Wildman–Crippen LogP) is 17.7. The zero-order chi connectivity index (χ0) is 75.3. The van der Waals surface area contributed by atoms with Crippen LogP contribution < -0.4 is 18.9 Å². The lowest BCUT2D eigenvalue weighted by Crippen LogP contribution is -2.13. The second-order valence-corrected chi connectivity index (χ2v) is 32.0. The third-order valence-corrected chi connectivity index (χ3v) is 22.6. The molecule has 0 atom stereocenters. The zero-order valence-corrected chi connectivity index (χ0v) is 62.6. The first-order valence-electron chi connectivity index (χ1n) is 32.0. The molecule has 0 bridgehead atoms. The molecule has 0 aliphatic rings. The van der Waals surface area contributed by atoms with Crippen molar-refractivity contribution in [3.63, 3.8) is 0 Å². The van der Waals surface area contributed by atoms with Gasteiger partial charge in [0.25, 0.3) is 40.1 Å². The SMILES string of the molecule is O=S(=O)(Nc1cccc(CCO)c1)c1ccc(-c2ccc(Br)cc2)cc1.O=S(=O)(Nc1cccc(CCO)c1)c1ccc(-c2ccc(Cl)cc2Cl)cc1.O=S(=O)(Nc1cccc(CCO)c1)c1ccc(-c2ccc(F)cc2F)cc1.O=S(=O)(Nc1cccc(CO)c1)c1ccc(-c2ccccc2Cl)cc1. The topological polar surface area (TPSA) is 266 Å². The molecule has 12 aromatic rings. The predicted molar refractivity (Wildman–Crippen MR) is 417 cm³/mol. The second kappa shape index (κ2) is 37.1. The summed E-state index contributed by atoms with van der Waals surface area (Å²) in [4.78, 5) is 0.508. The van der Waals surface area contributed by atoms with Gasteiger partial charge in [0.2, 0.25) is 0 Å². The highest BCUT2D eigenvalue weighted by Gasteiger charge is 2.20. The molecule has 12 aromatic carbocycles. The highest BCUT2D eigenvalue weighted by molar-refractivity contribution is 9.10. The van der Waals surface area contributed by atoms with Crippen LogP contribution >= 0.6 is 50.7 Å². The molecular weight excluding hydrogens is 1550 g/mol. The highest BCUT2D eigenvalue weighted by Crippen LogP contribution is 2.34. The van der Waals surface area contributed by atoms with E-state index in [1.807, 2.05) is 54.6 Å². The van der Waals surface area contributed by atoms with E-state index in [9.17, 15) is 42.5 Å². The maximum atomic E-state index is 13.9. The number of nitrogens with one attached hydrogen (secondary N) is 4. The van der Waals surface area contributed by atoms with E-state index in [1.165, 1.54) is 54.6 Å². The van der Waals surface area contributed by atoms with Crippen LogP contribution in [0, 0.1) is 11.6 Å². The van der Waals surface area contributed by atoms with Crippen LogP contribution in [0.4, 0.5) is 31.5 Å². The summed E-state index contributed by atoms with van der Waals surface area (Å²) in [5, 5.41) is 37.8. The first-order valence-corrected chi connectivity index (χ1v) is 39.8. The van der Waals surface area contributed by atoms with Crippen molar-refractivity contribution in [1.29, 1.82) is 0 Å². The van der Waals surface area contributed by atoms with Gasteiger partial charge in [-0.15, -0.1) is 0 Å². The van der Waals surface area contributed by atoms with Gasteiger partial charge in [-0.2, -0.15) is 0 Å². The molecule has 0 aliphatic heterocycles. The van der Waals surface area contributed by atoms with Crippen molar-refractivity contribution in [2.45, 2.75) is 45.5 Å². The number of hydrogen-bond acceptors (Lipinski definition) is 12. The minimum absolute atomic E-state index is 0.00488. The maximum Gasteiger partial charge on any atom is 0.261 e. The summed E-state index contributed by atoms with van der Waals surface area (Å²) in [6.07, 6.45) is 1.37. The number of aliphatic hydroxyl groups is 4. The standard InChI is InChI=1S/C20H18BrNO3S.C20H17Cl2NO3S.C20H17F2NO3S.C19H16ClNO3S/c21-18-8-4-16(5-9-18)17-6-10-20(11-7-17)26(24,25)22-19-3-1-2-15(14-19)12-13-23;2*21-16-6-9-19(20(22)13-16)15-4-7-18(8-5-15)27(25,26)23-17-3-1-2-14(12-17)10-11-24;20-19-7-2-1-6-18(19)15-8-10-17(11-9-15)25(23,24)21-16-5-3-4-14(12-16)13-22/h1-11,14,22-23H,12-13H2;2*1-9,12-13,23-24H,10-11H2;1-12,21-22H,13H2. The van der Waals surface area contributed by atoms with Gasteiger partial charge >= 0.3 is 0 Å². The Hall–Kier alpha value is -9.31. The molecule has 0 heterocycles. The number of aliphatic hydroxyl groups excluding tert-OH is 4. The lowest BCUT2D eigenvalue weighted by Gasteiger charge is -2.11. The minimum atomic E-state index is -3.83. The number of halogens is 6. The Kier molecular flexibility index (Phi) is 28.2. The van der Waals surface area contributed by atoms with Crippen LogP contribution in [-0.4, -0.2) is 73.9 Å². The quantitative estimate of drug-likeness (QED) is 0.0297. The van der Waals surface area contributed by atoms with Crippen LogP contribution in [0.1, 0.15) is 22.3 Å². The lowest BCUT2D eigenvalue weighted by atomic mass is 10.1. The summed E-state index contributed by atoms with van der Waals surface area (Å²) in [5.41, 5.74) is 10.7. The summed E-state index contributed by atoms with van der Waals surface area (Å²) >= 11 is 21.7. The molecule has 0 aliphatic carbocycles. The number of benzene rings is 12. The van der Waals surface area contributed by atoms with Gasteiger partial charge < -0.3 is 20.4 Å². The fourth-order valence-electron chi connectivity index (χ4n) is 10.4. The van der Waals surface area contributed by atoms with Crippen molar-refractivity contribution in [2.24, 2.45) is 0 Å². The van der Waals surface area contributed by atoms with Crippen molar-refractivity contribution >= 4 is 114 Å². The number of sulfonamides is 4. The van der Waals surface area contributed by atoms with Crippen LogP contribution in [0.5, 0.6) is 0 Å². The Morgan fingerprint density at radius 3 is 0.990 bits per heavy atom. The van der Waals surface area contributed by atoms with Gasteiger partial charge in [0.1, 0.15) is 11.6 Å². The van der Waals surface area contributed by atoms with Gasteiger partial charge in [0.15, 0.2) is 0 Å². The first-order chi connectivity index (χ1) is 50.2. The highest BCUT2D eigenvalue weighted by atomic mass is 79.9. The Bertz CT molecular complexity index is 5260. The third kappa shape index (κ3) is 22.8. The van der Waals surface area contributed by atoms with Crippen molar-refractivity contribution in [3.05, 3.63) is 332 Å². The van der Waals surface area contributed by atoms with Gasteiger partial charge in [-0.1, -0.05) is 184 Å². The Balaban J connectivity index is 0.000000162. The Morgan fingerprint density at radius 1 is 0.314 bits per heavy atom. The van der Waals surface area contributed by atoms with Crippen LogP contribution in [0.2, 0.25) is 15.1 Å². The van der Waals surface area contributed by atoms with E-state index in [0.717, 1.165) is 66.7 Å². The molecule has 0 aromatic heterocycles. The fourth-order valence-corrected chi connectivity index (χ4v) is 15.6. The lowest BCUT2D eigenvalue weighted by molar-refractivity contribution is 0.282. The van der Waals surface area contributed by atoms with E-state index >= 15 is 0 Å². The van der Waals surface area contributed by atoms with E-state index in [2.05, 4.69) is 34.8 Å². The summed E-state index contributed by atoms with van der Waals surface area (Å²) in [5.74, 6) is -1.40. The molecule has 0 amide bonds. The molecular formula is C79H68BrCl3F2N4O12S4. The van der Waals surface area contributed by atoms with Gasteiger partial charge in [-0.3, -0.25) is 18.9 Å². The molecule has 0 saturated carbocycles. The largest absolute Gasteiger partial charge is 0.396 e. The average Bonchev–Trinajstić information content (AvgIpc) is 0.831. The second-order valence-electron chi connectivity index (χ2n) is 23.1. The number of rotatable bonds is 23. The van der Waals surface area contributed by atoms with E-state index in [-0.39, 0.29) is 51.6 Å². The maximum absolute atomic E-state index is 13.9. The summed E-state index contributed by atoms with van der Waals surface area (Å²) in [6, 6.07) is 76.4. The smallest absolute Gasteiger partial charge is 0.261 e. The zero-order valence-electron chi connectivity index (χ0n) is 55.5. The molecule has 542 valence electrons. The van der Waals surface area contributed by atoms with Crippen LogP contribution in [0.25, 0.3) is 44.5 Å². The molecule has 0 saturated heterocycles. The number of anilines is 4. The molecule has 0 fully saturated rings. The monoisotopic (exact) mass is 1610 g/mol. The van der Waals surface area contributed by atoms with E-state index in [4.69, 9.17) is 55.2 Å². The summed E-state index contributed by atoms with van der Waals surface area (Å²) in [7, 11) is -14.9. The molecule has 12 rings (SSSR count). The molecule has 16 nitrogen and oxygen atoms in total. The van der Waals surface area contributed by atoms with Crippen molar-refractivity contribution in [3.8, 4) is 44.5 Å². The molecule has 0 radical (unpaired) electrons. The Labute approximate surface area is 632 Å². The molecule has 8 N–H and O–H groups in total. The van der Waals surface area contributed by atoms with Gasteiger partial charge in [0.05, 0.1) is 26.2 Å². The number of hydrogen-bond donors (Lipinski definition) is 8. The Morgan fingerprint density at radius 2 is 0.638 bits per heavy atom. The average molecular weight is 1620 g/mol. The third-order valence-electron chi connectivity index (χ3n) is 15.6. The fraction of sp³-hybridized carbons (Fsp3) is 0.0886. The van der Waals surface area contributed by atoms with Gasteiger partial charge in [0, 0.05) is 84.9 Å². The van der Waals surface area contributed by atoms with Crippen LogP contribution in [-0.2, 0) is 66.0 Å². The van der Waals surface area contributed by atoms with Crippen LogP contribution in [0.15, 0.2) is 303 Å². The van der Waals surface area contributed by atoms with Crippen LogP contribution in [0.3, 0.4) is 0 Å². The summed E-state index contributed by atoms with van der Waals surface area (Å²) < 4.78 is 139. The van der Waals surface area contributed by atoms with E-state index in [0.29, 0.717) is 68.2 Å². The van der Waals surface area contributed by atoms with Gasteiger partial charge in [-0.05, 0) is 209 Å².